The number of carboxylic acids is 1. The van der Waals surface area contributed by atoms with E-state index in [1.54, 1.807) is 12.1 Å². The van der Waals surface area contributed by atoms with Crippen molar-refractivity contribution in [2.24, 2.45) is 0 Å². The molecule has 0 radical (unpaired) electrons. The molecule has 0 aromatic heterocycles. The van der Waals surface area contributed by atoms with Crippen LogP contribution >= 0.6 is 11.6 Å². The summed E-state index contributed by atoms with van der Waals surface area (Å²) in [5, 5.41) is 21.3. The van der Waals surface area contributed by atoms with Crippen LogP contribution in [0.3, 0.4) is 0 Å². The first-order valence-electron chi connectivity index (χ1n) is 12.8. The second-order valence-corrected chi connectivity index (χ2v) is 10.2. The average Bonchev–Trinajstić information content (AvgIpc) is 3.04. The van der Waals surface area contributed by atoms with Gasteiger partial charge in [0.15, 0.2) is 0 Å². The molecule has 5 nitrogen and oxygen atoms in total. The first kappa shape index (κ1) is 27.6. The van der Waals surface area contributed by atoms with Crippen LogP contribution in [0.15, 0.2) is 91.1 Å². The minimum absolute atomic E-state index is 0.0377. The summed E-state index contributed by atoms with van der Waals surface area (Å²) in [6.07, 6.45) is 10.2. The van der Waals surface area contributed by atoms with Crippen molar-refractivity contribution in [2.75, 3.05) is 26.2 Å². The molecule has 0 amide bonds. The SMILES string of the molecule is C=C1COc2ccc(C(=C)C(=O)O)cc2C(=C/CCN2CCC(O)(c3ccc(Cl)cc3)CC2)/C1=C/C=C\C. The second kappa shape index (κ2) is 12.0. The Morgan fingerprint density at radius 1 is 1.16 bits per heavy atom. The van der Waals surface area contributed by atoms with E-state index in [1.807, 2.05) is 55.5 Å². The van der Waals surface area contributed by atoms with Gasteiger partial charge in [-0.15, -0.1) is 0 Å². The van der Waals surface area contributed by atoms with Gasteiger partial charge in [-0.3, -0.25) is 0 Å². The van der Waals surface area contributed by atoms with Crippen LogP contribution in [0.25, 0.3) is 11.1 Å². The zero-order chi connectivity index (χ0) is 27.3. The molecule has 38 heavy (non-hydrogen) atoms. The number of aliphatic carboxylic acids is 1. The quantitative estimate of drug-likeness (QED) is 0.392. The highest BCUT2D eigenvalue weighted by atomic mass is 35.5. The molecule has 198 valence electrons. The summed E-state index contributed by atoms with van der Waals surface area (Å²) in [7, 11) is 0. The van der Waals surface area contributed by atoms with E-state index in [4.69, 9.17) is 16.3 Å². The largest absolute Gasteiger partial charge is 0.488 e. The van der Waals surface area contributed by atoms with Crippen LogP contribution in [0.2, 0.25) is 5.02 Å². The minimum Gasteiger partial charge on any atom is -0.488 e. The summed E-state index contributed by atoms with van der Waals surface area (Å²) in [6, 6.07) is 12.8. The van der Waals surface area contributed by atoms with Gasteiger partial charge in [-0.25, -0.2) is 4.79 Å². The van der Waals surface area contributed by atoms with Crippen molar-refractivity contribution in [2.45, 2.75) is 31.8 Å². The Morgan fingerprint density at radius 2 is 1.87 bits per heavy atom. The number of aliphatic hydroxyl groups is 1. The number of rotatable bonds is 7. The van der Waals surface area contributed by atoms with E-state index in [9.17, 15) is 15.0 Å². The highest BCUT2D eigenvalue weighted by Crippen LogP contribution is 2.40. The molecule has 6 heteroatoms. The molecule has 1 fully saturated rings. The van der Waals surface area contributed by atoms with Crippen LogP contribution in [0.4, 0.5) is 0 Å². The molecule has 0 aliphatic carbocycles. The Kier molecular flexibility index (Phi) is 8.72. The second-order valence-electron chi connectivity index (χ2n) is 9.78. The Balaban J connectivity index is 1.55. The van der Waals surface area contributed by atoms with Crippen molar-refractivity contribution in [3.63, 3.8) is 0 Å². The first-order valence-corrected chi connectivity index (χ1v) is 13.2. The number of piperidine rings is 1. The lowest BCUT2D eigenvalue weighted by molar-refractivity contribution is -0.130. The number of carboxylic acid groups (broad SMARTS) is 1. The number of ether oxygens (including phenoxy) is 1. The maximum Gasteiger partial charge on any atom is 0.335 e. The van der Waals surface area contributed by atoms with E-state index in [-0.39, 0.29) is 5.57 Å². The molecular formula is C32H34ClNO4. The number of fused-ring (bicyclic) bond motifs is 1. The van der Waals surface area contributed by atoms with Crippen LogP contribution in [-0.2, 0) is 10.4 Å². The van der Waals surface area contributed by atoms with Crippen LogP contribution in [0, 0.1) is 0 Å². The van der Waals surface area contributed by atoms with Crippen LogP contribution < -0.4 is 4.74 Å². The highest BCUT2D eigenvalue weighted by Gasteiger charge is 2.33. The molecule has 2 aromatic rings. The van der Waals surface area contributed by atoms with Gasteiger partial charge in [-0.05, 0) is 78.3 Å². The van der Waals surface area contributed by atoms with Gasteiger partial charge in [0.05, 0.1) is 11.2 Å². The number of nitrogens with zero attached hydrogens (tertiary/aromatic N) is 1. The van der Waals surface area contributed by atoms with Gasteiger partial charge >= 0.3 is 5.97 Å². The third kappa shape index (κ3) is 6.18. The maximum atomic E-state index is 11.6. The van der Waals surface area contributed by atoms with E-state index in [0.717, 1.165) is 53.9 Å². The van der Waals surface area contributed by atoms with Crippen molar-refractivity contribution in [3.8, 4) is 5.75 Å². The number of hydrogen-bond acceptors (Lipinski definition) is 4. The fraction of sp³-hybridized carbons (Fsp3) is 0.281. The highest BCUT2D eigenvalue weighted by molar-refractivity contribution is 6.30. The van der Waals surface area contributed by atoms with Gasteiger partial charge in [0.25, 0.3) is 0 Å². The molecule has 2 aliphatic rings. The van der Waals surface area contributed by atoms with E-state index in [1.165, 1.54) is 0 Å². The average molecular weight is 532 g/mol. The van der Waals surface area contributed by atoms with E-state index >= 15 is 0 Å². The summed E-state index contributed by atoms with van der Waals surface area (Å²) in [6.45, 7) is 12.7. The number of likely N-dealkylation sites (tertiary alicyclic amines) is 1. The minimum atomic E-state index is -1.05. The lowest BCUT2D eigenvalue weighted by atomic mass is 9.84. The first-order chi connectivity index (χ1) is 18.2. The van der Waals surface area contributed by atoms with Crippen LogP contribution in [0.5, 0.6) is 5.75 Å². The summed E-state index contributed by atoms with van der Waals surface area (Å²) in [5.74, 6) is -0.364. The molecule has 0 saturated carbocycles. The van der Waals surface area contributed by atoms with Crippen LogP contribution in [0.1, 0.15) is 42.9 Å². The monoisotopic (exact) mass is 531 g/mol. The molecule has 4 rings (SSSR count). The smallest absolute Gasteiger partial charge is 0.335 e. The molecule has 2 heterocycles. The van der Waals surface area contributed by atoms with Gasteiger partial charge in [0, 0.05) is 30.2 Å². The molecule has 2 aliphatic heterocycles. The Hall–Kier alpha value is -3.38. The lowest BCUT2D eigenvalue weighted by Gasteiger charge is -2.38. The van der Waals surface area contributed by atoms with E-state index in [0.29, 0.717) is 35.8 Å². The van der Waals surface area contributed by atoms with Gasteiger partial charge in [-0.2, -0.15) is 0 Å². The fourth-order valence-electron chi connectivity index (χ4n) is 4.96. The van der Waals surface area contributed by atoms with Crippen molar-refractivity contribution in [1.29, 1.82) is 0 Å². The Bertz CT molecular complexity index is 1310. The van der Waals surface area contributed by atoms with Gasteiger partial charge in [0.1, 0.15) is 12.4 Å². The summed E-state index contributed by atoms with van der Waals surface area (Å²) in [5.41, 5.74) is 4.28. The lowest BCUT2D eigenvalue weighted by Crippen LogP contribution is -2.42. The van der Waals surface area contributed by atoms with Gasteiger partial charge in [0.2, 0.25) is 0 Å². The molecular weight excluding hydrogens is 498 g/mol. The van der Waals surface area contributed by atoms with Crippen LogP contribution in [-0.4, -0.2) is 47.3 Å². The van der Waals surface area contributed by atoms with Crippen molar-refractivity contribution in [3.05, 3.63) is 113 Å². The van der Waals surface area contributed by atoms with E-state index in [2.05, 4.69) is 24.1 Å². The maximum absolute atomic E-state index is 11.6. The Morgan fingerprint density at radius 3 is 2.53 bits per heavy atom. The van der Waals surface area contributed by atoms with Crippen molar-refractivity contribution in [1.82, 2.24) is 4.90 Å². The summed E-state index contributed by atoms with van der Waals surface area (Å²) < 4.78 is 6.04. The summed E-state index contributed by atoms with van der Waals surface area (Å²) in [4.78, 5) is 13.9. The molecule has 0 unspecified atom stereocenters. The third-order valence-electron chi connectivity index (χ3n) is 7.26. The summed E-state index contributed by atoms with van der Waals surface area (Å²) >= 11 is 6.02. The molecule has 0 bridgehead atoms. The topological polar surface area (TPSA) is 70.0 Å². The van der Waals surface area contributed by atoms with Crippen molar-refractivity contribution < 1.29 is 19.7 Å². The molecule has 1 saturated heterocycles. The van der Waals surface area contributed by atoms with Gasteiger partial charge in [-0.1, -0.05) is 67.3 Å². The normalized spacial score (nSPS) is 19.8. The number of hydrogen-bond donors (Lipinski definition) is 2. The number of halogens is 1. The molecule has 2 N–H and O–H groups in total. The number of carbonyl (C=O) groups is 1. The molecule has 0 atom stereocenters. The standard InChI is InChI=1S/C32H34ClNO4/c1-4-5-7-27-22(2)21-38-30-14-9-24(23(3)31(35)36)20-29(30)28(27)8-6-17-34-18-15-32(37,16-19-34)25-10-12-26(33)13-11-25/h4-5,7-14,20,37H,2-3,6,15-19,21H2,1H3,(H,35,36)/b5-4-,27-7+,28-8+. The third-order valence-corrected chi connectivity index (χ3v) is 7.52. The molecule has 2 aromatic carbocycles. The van der Waals surface area contributed by atoms with Gasteiger partial charge < -0.3 is 19.8 Å². The number of allylic oxidation sites excluding steroid dienone is 4. The number of benzene rings is 2. The van der Waals surface area contributed by atoms with E-state index < -0.39 is 11.6 Å². The fourth-order valence-corrected chi connectivity index (χ4v) is 5.09. The Labute approximate surface area is 229 Å². The van der Waals surface area contributed by atoms with Crippen molar-refractivity contribution >= 4 is 28.7 Å². The molecule has 0 spiro atoms. The zero-order valence-electron chi connectivity index (χ0n) is 21.8. The predicted molar refractivity (Wildman–Crippen MR) is 154 cm³/mol. The zero-order valence-corrected chi connectivity index (χ0v) is 22.5. The predicted octanol–water partition coefficient (Wildman–Crippen LogP) is 6.65.